The Morgan fingerprint density at radius 1 is 0.240 bits per heavy atom. The van der Waals surface area contributed by atoms with Gasteiger partial charge in [0.1, 0.15) is 0 Å². The third-order valence-electron chi connectivity index (χ3n) is 9.34. The smallest absolute Gasteiger partial charge is 0.164 e. The highest BCUT2D eigenvalue weighted by Crippen LogP contribution is 2.36. The van der Waals surface area contributed by atoms with Gasteiger partial charge in [0.25, 0.3) is 0 Å². The van der Waals surface area contributed by atoms with Crippen molar-refractivity contribution in [3.8, 4) is 67.5 Å². The number of nitrogens with zero attached hydrogens (tertiary/aromatic N) is 3. The minimum absolute atomic E-state index is 0.638. The molecule has 8 aromatic carbocycles. The molecular formula is C47H31N3. The molecule has 1 heterocycles. The fourth-order valence-corrected chi connectivity index (χ4v) is 6.76. The van der Waals surface area contributed by atoms with E-state index in [1.807, 2.05) is 12.1 Å². The van der Waals surface area contributed by atoms with Crippen LogP contribution in [0.25, 0.3) is 89.1 Å². The molecule has 0 aliphatic heterocycles. The van der Waals surface area contributed by atoms with Gasteiger partial charge in [0.2, 0.25) is 0 Å². The third-order valence-corrected chi connectivity index (χ3v) is 9.34. The Kier molecular flexibility index (Phi) is 7.49. The molecule has 0 unspecified atom stereocenters. The molecule has 0 N–H and O–H groups in total. The van der Waals surface area contributed by atoms with Gasteiger partial charge < -0.3 is 0 Å². The summed E-state index contributed by atoms with van der Waals surface area (Å²) in [6.45, 7) is 0. The zero-order valence-electron chi connectivity index (χ0n) is 27.2. The lowest BCUT2D eigenvalue weighted by molar-refractivity contribution is 1.08. The van der Waals surface area contributed by atoms with E-state index in [1.54, 1.807) is 0 Å². The van der Waals surface area contributed by atoms with E-state index >= 15 is 0 Å². The zero-order valence-corrected chi connectivity index (χ0v) is 27.2. The van der Waals surface area contributed by atoms with Crippen molar-refractivity contribution in [3.05, 3.63) is 188 Å². The first-order valence-electron chi connectivity index (χ1n) is 16.9. The molecule has 0 amide bonds. The normalized spacial score (nSPS) is 11.2. The van der Waals surface area contributed by atoms with Crippen LogP contribution in [0.15, 0.2) is 188 Å². The summed E-state index contributed by atoms with van der Waals surface area (Å²) in [5.41, 5.74) is 9.88. The highest BCUT2D eigenvalue weighted by Gasteiger charge is 2.16. The van der Waals surface area contributed by atoms with Crippen molar-refractivity contribution in [3.63, 3.8) is 0 Å². The van der Waals surface area contributed by atoms with Crippen molar-refractivity contribution in [2.75, 3.05) is 0 Å². The van der Waals surface area contributed by atoms with Crippen molar-refractivity contribution < 1.29 is 0 Å². The summed E-state index contributed by atoms with van der Waals surface area (Å²) in [5, 5.41) is 4.66. The summed E-state index contributed by atoms with van der Waals surface area (Å²) in [6.07, 6.45) is 0. The summed E-state index contributed by atoms with van der Waals surface area (Å²) in [4.78, 5) is 15.4. The average molecular weight is 638 g/mol. The van der Waals surface area contributed by atoms with Crippen LogP contribution in [0.2, 0.25) is 0 Å². The Hall–Kier alpha value is -6.71. The molecule has 0 aliphatic carbocycles. The monoisotopic (exact) mass is 637 g/mol. The van der Waals surface area contributed by atoms with E-state index < -0.39 is 0 Å². The number of rotatable bonds is 6. The molecule has 9 rings (SSSR count). The summed E-state index contributed by atoms with van der Waals surface area (Å²) < 4.78 is 0. The molecule has 0 saturated carbocycles. The van der Waals surface area contributed by atoms with E-state index in [-0.39, 0.29) is 0 Å². The first-order valence-corrected chi connectivity index (χ1v) is 16.9. The van der Waals surface area contributed by atoms with E-state index in [1.165, 1.54) is 27.5 Å². The summed E-state index contributed by atoms with van der Waals surface area (Å²) >= 11 is 0. The Morgan fingerprint density at radius 2 is 0.640 bits per heavy atom. The molecule has 0 aliphatic rings. The Labute approximate surface area is 291 Å². The summed E-state index contributed by atoms with van der Waals surface area (Å²) in [7, 11) is 0. The molecule has 234 valence electrons. The summed E-state index contributed by atoms with van der Waals surface area (Å²) in [5.74, 6) is 1.93. The molecule has 0 saturated heterocycles. The van der Waals surface area contributed by atoms with Crippen molar-refractivity contribution in [2.45, 2.75) is 0 Å². The lowest BCUT2D eigenvalue weighted by Crippen LogP contribution is -2.01. The van der Waals surface area contributed by atoms with Crippen molar-refractivity contribution >= 4 is 21.5 Å². The van der Waals surface area contributed by atoms with Crippen LogP contribution in [0.1, 0.15) is 0 Å². The minimum Gasteiger partial charge on any atom is -0.208 e. The topological polar surface area (TPSA) is 38.7 Å². The van der Waals surface area contributed by atoms with Gasteiger partial charge in [-0.15, -0.1) is 0 Å². The Bertz CT molecular complexity index is 2610. The minimum atomic E-state index is 0.638. The van der Waals surface area contributed by atoms with Crippen LogP contribution in [0, 0.1) is 0 Å². The van der Waals surface area contributed by atoms with Gasteiger partial charge in [0.05, 0.1) is 0 Å². The predicted octanol–water partition coefficient (Wildman–Crippen LogP) is 12.2. The largest absolute Gasteiger partial charge is 0.208 e. The third kappa shape index (κ3) is 5.61. The maximum atomic E-state index is 5.16. The number of aromatic nitrogens is 3. The second kappa shape index (κ2) is 12.7. The maximum absolute atomic E-state index is 5.16. The number of benzene rings is 8. The molecule has 50 heavy (non-hydrogen) atoms. The van der Waals surface area contributed by atoms with Crippen LogP contribution in [0.5, 0.6) is 0 Å². The van der Waals surface area contributed by atoms with E-state index in [4.69, 9.17) is 15.0 Å². The van der Waals surface area contributed by atoms with Crippen LogP contribution >= 0.6 is 0 Å². The number of hydrogen-bond acceptors (Lipinski definition) is 3. The molecular weight excluding hydrogens is 607 g/mol. The van der Waals surface area contributed by atoms with E-state index in [2.05, 4.69) is 176 Å². The van der Waals surface area contributed by atoms with Crippen molar-refractivity contribution in [1.82, 2.24) is 15.0 Å². The van der Waals surface area contributed by atoms with E-state index in [0.29, 0.717) is 17.5 Å². The average Bonchev–Trinajstić information content (AvgIpc) is 3.21. The van der Waals surface area contributed by atoms with E-state index in [9.17, 15) is 0 Å². The van der Waals surface area contributed by atoms with Crippen LogP contribution in [0.3, 0.4) is 0 Å². The Morgan fingerprint density at radius 3 is 1.24 bits per heavy atom. The second-order valence-corrected chi connectivity index (χ2v) is 12.5. The zero-order chi connectivity index (χ0) is 33.3. The molecule has 0 fully saturated rings. The van der Waals surface area contributed by atoms with Crippen LogP contribution < -0.4 is 0 Å². The molecule has 0 spiro atoms. The summed E-state index contributed by atoms with van der Waals surface area (Å²) in [6, 6.07) is 65.8. The molecule has 3 nitrogen and oxygen atoms in total. The van der Waals surface area contributed by atoms with Crippen LogP contribution in [-0.4, -0.2) is 15.0 Å². The standard InChI is InChI=1S/C47H31N3/c1-3-12-32(13-4-1)34-22-26-36(27-23-34)45-48-46(37-28-24-35(25-29-37)39-18-11-17-38(30-39)33-14-5-2-6-15-33)50-47(49-45)44-31-40-16-7-8-19-41(40)42-20-9-10-21-43(42)44/h1-31H. The first kappa shape index (κ1) is 29.4. The van der Waals surface area contributed by atoms with Gasteiger partial charge in [-0.1, -0.05) is 176 Å². The first-order chi connectivity index (χ1) is 24.8. The molecule has 1 aromatic heterocycles. The molecule has 9 aromatic rings. The number of hydrogen-bond donors (Lipinski definition) is 0. The number of fused-ring (bicyclic) bond motifs is 3. The maximum Gasteiger partial charge on any atom is 0.164 e. The molecule has 0 bridgehead atoms. The fourth-order valence-electron chi connectivity index (χ4n) is 6.76. The van der Waals surface area contributed by atoms with Gasteiger partial charge in [-0.05, 0) is 67.1 Å². The van der Waals surface area contributed by atoms with Crippen molar-refractivity contribution in [1.29, 1.82) is 0 Å². The fraction of sp³-hybridized carbons (Fsp3) is 0. The predicted molar refractivity (Wildman–Crippen MR) is 207 cm³/mol. The SMILES string of the molecule is c1ccc(-c2ccc(-c3nc(-c4ccc(-c5cccc(-c6ccccc6)c5)cc4)nc(-c4cc5ccccc5c5ccccc45)n3)cc2)cc1. The van der Waals surface area contributed by atoms with Gasteiger partial charge in [-0.3, -0.25) is 0 Å². The highest BCUT2D eigenvalue weighted by atomic mass is 15.0. The quantitative estimate of drug-likeness (QED) is 0.170. The van der Waals surface area contributed by atoms with Gasteiger partial charge in [-0.2, -0.15) is 0 Å². The lowest BCUT2D eigenvalue weighted by Gasteiger charge is -2.13. The van der Waals surface area contributed by atoms with Gasteiger partial charge >= 0.3 is 0 Å². The van der Waals surface area contributed by atoms with Gasteiger partial charge in [-0.25, -0.2) is 15.0 Å². The van der Waals surface area contributed by atoms with Gasteiger partial charge in [0.15, 0.2) is 17.5 Å². The second-order valence-electron chi connectivity index (χ2n) is 12.5. The lowest BCUT2D eigenvalue weighted by atomic mass is 9.96. The van der Waals surface area contributed by atoms with E-state index in [0.717, 1.165) is 44.2 Å². The highest BCUT2D eigenvalue weighted by molar-refractivity contribution is 6.13. The van der Waals surface area contributed by atoms with Crippen molar-refractivity contribution in [2.24, 2.45) is 0 Å². The van der Waals surface area contributed by atoms with Crippen LogP contribution in [0.4, 0.5) is 0 Å². The van der Waals surface area contributed by atoms with Crippen LogP contribution in [-0.2, 0) is 0 Å². The van der Waals surface area contributed by atoms with Gasteiger partial charge in [0, 0.05) is 16.7 Å². The molecule has 0 radical (unpaired) electrons. The Balaban J connectivity index is 1.17. The molecule has 3 heteroatoms. The molecule has 0 atom stereocenters.